The van der Waals surface area contributed by atoms with Gasteiger partial charge >= 0.3 is 5.97 Å². The Balaban J connectivity index is 1.73. The SMILES string of the molecule is CN(C)C1CCCC(C(=O)OC2CCCCCCCC/C=C\C/C=C\CCCCCCCCCCC/C=C\CCCCCCCC2)C1. The molecule has 1 fully saturated rings. The summed E-state index contributed by atoms with van der Waals surface area (Å²) in [4.78, 5) is 15.5. The van der Waals surface area contributed by atoms with Gasteiger partial charge in [-0.1, -0.05) is 139 Å². The van der Waals surface area contributed by atoms with Crippen molar-refractivity contribution >= 4 is 5.97 Å². The fraction of sp³-hybridized carbons (Fsp3) is 0.841. The van der Waals surface area contributed by atoms with Crippen LogP contribution in [0.4, 0.5) is 0 Å². The molecular weight excluding hydrogens is 574 g/mol. The lowest BCUT2D eigenvalue weighted by Crippen LogP contribution is -2.37. The predicted molar refractivity (Wildman–Crippen MR) is 206 cm³/mol. The number of carbonyl (C=O) groups is 1. The number of ether oxygens (including phenoxy) is 1. The van der Waals surface area contributed by atoms with Crippen molar-refractivity contribution in [1.82, 2.24) is 4.90 Å². The largest absolute Gasteiger partial charge is 0.462 e. The lowest BCUT2D eigenvalue weighted by molar-refractivity contribution is -0.156. The van der Waals surface area contributed by atoms with Crippen LogP contribution in [-0.2, 0) is 9.53 Å². The molecule has 3 atom stereocenters. The molecule has 3 heteroatoms. The van der Waals surface area contributed by atoms with Gasteiger partial charge in [0.25, 0.3) is 0 Å². The Morgan fingerprint density at radius 3 is 1.28 bits per heavy atom. The second-order valence-electron chi connectivity index (χ2n) is 15.3. The smallest absolute Gasteiger partial charge is 0.309 e. The van der Waals surface area contributed by atoms with Crippen LogP contribution in [0, 0.1) is 5.92 Å². The summed E-state index contributed by atoms with van der Waals surface area (Å²) < 4.78 is 6.28. The van der Waals surface area contributed by atoms with Crippen molar-refractivity contribution in [1.29, 1.82) is 0 Å². The van der Waals surface area contributed by atoms with E-state index in [1.54, 1.807) is 0 Å². The zero-order valence-electron chi connectivity index (χ0n) is 31.6. The van der Waals surface area contributed by atoms with E-state index in [2.05, 4.69) is 55.5 Å². The quantitative estimate of drug-likeness (QED) is 0.224. The molecule has 0 N–H and O–H groups in total. The fourth-order valence-electron chi connectivity index (χ4n) is 7.56. The third-order valence-electron chi connectivity index (χ3n) is 10.8. The van der Waals surface area contributed by atoms with E-state index in [0.29, 0.717) is 6.04 Å². The Hall–Kier alpha value is -1.35. The third-order valence-corrected chi connectivity index (χ3v) is 10.8. The minimum absolute atomic E-state index is 0.0994. The van der Waals surface area contributed by atoms with Crippen molar-refractivity contribution in [3.05, 3.63) is 36.5 Å². The topological polar surface area (TPSA) is 29.5 Å². The Morgan fingerprint density at radius 2 is 0.851 bits per heavy atom. The van der Waals surface area contributed by atoms with Crippen LogP contribution in [0.1, 0.15) is 205 Å². The number of hydrogen-bond donors (Lipinski definition) is 0. The van der Waals surface area contributed by atoms with E-state index >= 15 is 0 Å². The Labute approximate surface area is 293 Å². The standard InChI is InChI=1S/C44H79NO2/c1-45(2)42-37-35-36-41(40-42)44(46)47-43-38-33-31-29-27-25-23-21-19-17-15-13-11-9-7-5-3-4-6-8-10-12-14-16-18-20-22-24-26-28-30-32-34-39-43/h11,13,17-20,41-43H,3-10,12,14-16,21-40H2,1-2H3/b13-11-,19-17-,20-18-. The summed E-state index contributed by atoms with van der Waals surface area (Å²) in [6.45, 7) is 0. The van der Waals surface area contributed by atoms with Gasteiger partial charge in [0.1, 0.15) is 6.10 Å². The predicted octanol–water partition coefficient (Wildman–Crippen LogP) is 13.6. The Kier molecular flexibility index (Phi) is 27.3. The normalized spacial score (nSPS) is 28.6. The van der Waals surface area contributed by atoms with Gasteiger partial charge in [0.15, 0.2) is 0 Å². The maximum atomic E-state index is 13.2. The molecule has 0 radical (unpaired) electrons. The van der Waals surface area contributed by atoms with Gasteiger partial charge in [-0.2, -0.15) is 0 Å². The third kappa shape index (κ3) is 24.4. The highest BCUT2D eigenvalue weighted by atomic mass is 16.5. The molecule has 2 rings (SSSR count). The van der Waals surface area contributed by atoms with Crippen LogP contribution in [-0.4, -0.2) is 37.1 Å². The molecule has 0 heterocycles. The molecule has 1 saturated carbocycles. The minimum atomic E-state index is 0.0994. The number of allylic oxidation sites excluding steroid dienone is 6. The highest BCUT2D eigenvalue weighted by molar-refractivity contribution is 5.72. The van der Waals surface area contributed by atoms with Crippen LogP contribution in [0.3, 0.4) is 0 Å². The van der Waals surface area contributed by atoms with Crippen molar-refractivity contribution in [3.8, 4) is 0 Å². The van der Waals surface area contributed by atoms with E-state index in [0.717, 1.165) is 38.5 Å². The molecular formula is C44H79NO2. The molecule has 3 unspecified atom stereocenters. The van der Waals surface area contributed by atoms with E-state index in [4.69, 9.17) is 4.74 Å². The Morgan fingerprint density at radius 1 is 0.468 bits per heavy atom. The first-order chi connectivity index (χ1) is 23.2. The summed E-state index contributed by atoms with van der Waals surface area (Å²) in [5.74, 6) is 0.199. The van der Waals surface area contributed by atoms with E-state index in [-0.39, 0.29) is 18.0 Å². The molecule has 3 nitrogen and oxygen atoms in total. The summed E-state index contributed by atoms with van der Waals surface area (Å²) in [6.07, 6.45) is 55.3. The van der Waals surface area contributed by atoms with Gasteiger partial charge in [-0.3, -0.25) is 4.79 Å². The van der Waals surface area contributed by atoms with Crippen LogP contribution in [0.2, 0.25) is 0 Å². The zero-order valence-corrected chi connectivity index (χ0v) is 31.6. The van der Waals surface area contributed by atoms with E-state index in [9.17, 15) is 4.79 Å². The van der Waals surface area contributed by atoms with Gasteiger partial charge in [-0.05, 0) is 117 Å². The molecule has 0 amide bonds. The van der Waals surface area contributed by atoms with Gasteiger partial charge in [-0.25, -0.2) is 0 Å². The van der Waals surface area contributed by atoms with Gasteiger partial charge in [-0.15, -0.1) is 0 Å². The lowest BCUT2D eigenvalue weighted by atomic mass is 9.85. The first-order valence-corrected chi connectivity index (χ1v) is 21.0. The minimum Gasteiger partial charge on any atom is -0.462 e. The molecule has 0 aromatic rings. The van der Waals surface area contributed by atoms with Gasteiger partial charge < -0.3 is 9.64 Å². The van der Waals surface area contributed by atoms with Gasteiger partial charge in [0.2, 0.25) is 0 Å². The number of rotatable bonds is 3. The molecule has 0 spiro atoms. The van der Waals surface area contributed by atoms with Crippen LogP contribution >= 0.6 is 0 Å². The molecule has 2 aliphatic carbocycles. The van der Waals surface area contributed by atoms with Crippen molar-refractivity contribution < 1.29 is 9.53 Å². The van der Waals surface area contributed by atoms with Crippen molar-refractivity contribution in [2.24, 2.45) is 5.92 Å². The first kappa shape index (κ1) is 41.8. The van der Waals surface area contributed by atoms with E-state index in [1.165, 1.54) is 167 Å². The number of carbonyl (C=O) groups excluding carboxylic acids is 1. The van der Waals surface area contributed by atoms with Crippen molar-refractivity contribution in [2.45, 2.75) is 218 Å². The molecule has 0 aromatic heterocycles. The monoisotopic (exact) mass is 654 g/mol. The van der Waals surface area contributed by atoms with E-state index < -0.39 is 0 Å². The van der Waals surface area contributed by atoms with Gasteiger partial charge in [0, 0.05) is 6.04 Å². The lowest BCUT2D eigenvalue weighted by Gasteiger charge is -2.33. The maximum absolute atomic E-state index is 13.2. The maximum Gasteiger partial charge on any atom is 0.309 e. The average molecular weight is 654 g/mol. The number of esters is 1. The highest BCUT2D eigenvalue weighted by Crippen LogP contribution is 2.29. The summed E-state index contributed by atoms with van der Waals surface area (Å²) in [5.41, 5.74) is 0. The van der Waals surface area contributed by atoms with Crippen molar-refractivity contribution in [3.63, 3.8) is 0 Å². The zero-order chi connectivity index (χ0) is 33.5. The summed E-state index contributed by atoms with van der Waals surface area (Å²) >= 11 is 0. The molecule has 272 valence electrons. The fourth-order valence-corrected chi connectivity index (χ4v) is 7.56. The van der Waals surface area contributed by atoms with E-state index in [1.807, 2.05) is 0 Å². The summed E-state index contributed by atoms with van der Waals surface area (Å²) in [6, 6.07) is 0.524. The van der Waals surface area contributed by atoms with Crippen LogP contribution < -0.4 is 0 Å². The second-order valence-corrected chi connectivity index (χ2v) is 15.3. The molecule has 0 bridgehead atoms. The second kappa shape index (κ2) is 30.7. The average Bonchev–Trinajstić information content (AvgIpc) is 3.07. The van der Waals surface area contributed by atoms with Crippen LogP contribution in [0.15, 0.2) is 36.5 Å². The van der Waals surface area contributed by atoms with Gasteiger partial charge in [0.05, 0.1) is 5.92 Å². The van der Waals surface area contributed by atoms with Crippen molar-refractivity contribution in [2.75, 3.05) is 14.1 Å². The molecule has 0 aromatic carbocycles. The highest BCUT2D eigenvalue weighted by Gasteiger charge is 2.30. The molecule has 0 aliphatic heterocycles. The number of nitrogens with zero attached hydrogens (tertiary/aromatic N) is 1. The van der Waals surface area contributed by atoms with Crippen LogP contribution in [0.25, 0.3) is 0 Å². The molecule has 2 aliphatic rings. The first-order valence-electron chi connectivity index (χ1n) is 21.0. The Bertz CT molecular complexity index is 799. The molecule has 0 saturated heterocycles. The summed E-state index contributed by atoms with van der Waals surface area (Å²) in [5, 5.41) is 0. The number of hydrogen-bond acceptors (Lipinski definition) is 3. The summed E-state index contributed by atoms with van der Waals surface area (Å²) in [7, 11) is 4.31. The van der Waals surface area contributed by atoms with Crippen LogP contribution in [0.5, 0.6) is 0 Å². The molecule has 47 heavy (non-hydrogen) atoms.